The first kappa shape index (κ1) is 24.7. The number of thiazole rings is 1. The molecule has 0 aliphatic carbocycles. The summed E-state index contributed by atoms with van der Waals surface area (Å²) in [7, 11) is 0. The number of alkyl halides is 1. The Bertz CT molecular complexity index is 1620. The van der Waals surface area contributed by atoms with Crippen LogP contribution in [0.1, 0.15) is 32.1 Å². The lowest BCUT2D eigenvalue weighted by Gasteiger charge is -2.34. The molecule has 4 aromatic rings. The van der Waals surface area contributed by atoms with Crippen molar-refractivity contribution >= 4 is 38.1 Å². The number of benzene rings is 2. The van der Waals surface area contributed by atoms with Gasteiger partial charge in [-0.1, -0.05) is 12.1 Å². The number of rotatable bonds is 5. The molecule has 4 atom stereocenters. The number of piperazine rings is 1. The van der Waals surface area contributed by atoms with Gasteiger partial charge in [0.2, 0.25) is 5.88 Å². The van der Waals surface area contributed by atoms with Gasteiger partial charge in [-0.05, 0) is 55.8 Å². The van der Waals surface area contributed by atoms with Crippen LogP contribution in [-0.2, 0) is 0 Å². The Hall–Kier alpha value is -3.08. The molecular weight excluding hydrogens is 532 g/mol. The molecule has 2 aromatic carbocycles. The number of hydrogen-bond acceptors (Lipinski definition) is 8. The van der Waals surface area contributed by atoms with Crippen LogP contribution in [0.15, 0.2) is 36.4 Å². The van der Waals surface area contributed by atoms with Crippen molar-refractivity contribution in [2.75, 3.05) is 37.7 Å². The monoisotopic (exact) mass is 563 g/mol. The smallest absolute Gasteiger partial charge is 0.216 e. The zero-order valence-electron chi connectivity index (χ0n) is 22.1. The number of aromatic nitrogens is 2. The SMILES string of the molecule is Oc1cc(-c2nc3c(N4CC5CCC(C4)N5)nc(OC[C@@]45CCCN4CC(F)C5)cc3s2)c2c(F)cccc2c1. The molecular formula is C30H31F2N5O2S. The lowest BCUT2D eigenvalue weighted by atomic mass is 9.95. The van der Waals surface area contributed by atoms with Crippen molar-refractivity contribution in [3.8, 4) is 22.2 Å². The summed E-state index contributed by atoms with van der Waals surface area (Å²) >= 11 is 1.45. The molecule has 0 spiro atoms. The molecule has 3 unspecified atom stereocenters. The van der Waals surface area contributed by atoms with Gasteiger partial charge in [0.1, 0.15) is 34.9 Å². The Labute approximate surface area is 234 Å². The van der Waals surface area contributed by atoms with Gasteiger partial charge in [0.05, 0.1) is 10.2 Å². The highest BCUT2D eigenvalue weighted by atomic mass is 32.1. The minimum absolute atomic E-state index is 0.0662. The van der Waals surface area contributed by atoms with Crippen LogP contribution in [0, 0.1) is 5.82 Å². The molecule has 8 rings (SSSR count). The number of nitrogens with zero attached hydrogens (tertiary/aromatic N) is 4. The van der Waals surface area contributed by atoms with E-state index in [0.29, 0.717) is 58.9 Å². The predicted octanol–water partition coefficient (Wildman–Crippen LogP) is 5.25. The summed E-state index contributed by atoms with van der Waals surface area (Å²) in [6.07, 6.45) is 3.96. The molecule has 4 aliphatic heterocycles. The zero-order valence-corrected chi connectivity index (χ0v) is 22.9. The number of fused-ring (bicyclic) bond motifs is 5. The summed E-state index contributed by atoms with van der Waals surface area (Å²) in [6.45, 7) is 3.47. The Morgan fingerprint density at radius 1 is 1.12 bits per heavy atom. The van der Waals surface area contributed by atoms with Gasteiger partial charge >= 0.3 is 0 Å². The third-order valence-electron chi connectivity index (χ3n) is 9.24. The minimum Gasteiger partial charge on any atom is -0.508 e. The van der Waals surface area contributed by atoms with Gasteiger partial charge in [-0.15, -0.1) is 11.3 Å². The molecule has 208 valence electrons. The maximum atomic E-state index is 15.0. The summed E-state index contributed by atoms with van der Waals surface area (Å²) in [5.74, 6) is 1.00. The van der Waals surface area contributed by atoms with Gasteiger partial charge in [-0.2, -0.15) is 4.98 Å². The number of aromatic hydroxyl groups is 1. The Morgan fingerprint density at radius 3 is 2.83 bits per heavy atom. The summed E-state index contributed by atoms with van der Waals surface area (Å²) in [5.41, 5.74) is 1.05. The fourth-order valence-electron chi connectivity index (χ4n) is 7.46. The van der Waals surface area contributed by atoms with Crippen molar-refractivity contribution in [3.05, 3.63) is 42.2 Å². The fraction of sp³-hybridized carbons (Fsp3) is 0.467. The molecule has 0 saturated carbocycles. The average molecular weight is 564 g/mol. The Kier molecular flexibility index (Phi) is 5.69. The van der Waals surface area contributed by atoms with Crippen molar-refractivity contribution in [1.82, 2.24) is 20.2 Å². The number of pyridine rings is 1. The number of ether oxygens (including phenoxy) is 1. The Morgan fingerprint density at radius 2 is 1.98 bits per heavy atom. The highest BCUT2D eigenvalue weighted by molar-refractivity contribution is 7.21. The van der Waals surface area contributed by atoms with Crippen LogP contribution < -0.4 is 15.0 Å². The molecule has 0 radical (unpaired) electrons. The zero-order chi connectivity index (χ0) is 27.0. The highest BCUT2D eigenvalue weighted by Gasteiger charge is 2.49. The topological polar surface area (TPSA) is 73.8 Å². The molecule has 7 nitrogen and oxygen atoms in total. The summed E-state index contributed by atoms with van der Waals surface area (Å²) < 4.78 is 36.7. The van der Waals surface area contributed by atoms with Crippen LogP contribution in [-0.4, -0.2) is 76.6 Å². The van der Waals surface area contributed by atoms with Crippen molar-refractivity contribution in [2.24, 2.45) is 0 Å². The van der Waals surface area contributed by atoms with E-state index in [1.807, 2.05) is 6.07 Å². The van der Waals surface area contributed by atoms with Crippen molar-refractivity contribution in [1.29, 1.82) is 0 Å². The summed E-state index contributed by atoms with van der Waals surface area (Å²) in [4.78, 5) is 14.6. The summed E-state index contributed by atoms with van der Waals surface area (Å²) in [6, 6.07) is 10.8. The molecule has 10 heteroatoms. The van der Waals surface area contributed by atoms with E-state index in [1.165, 1.54) is 17.4 Å². The molecule has 2 N–H and O–H groups in total. The number of anilines is 1. The second-order valence-corrected chi connectivity index (χ2v) is 12.9. The maximum Gasteiger partial charge on any atom is 0.216 e. The van der Waals surface area contributed by atoms with Crippen LogP contribution >= 0.6 is 11.3 Å². The van der Waals surface area contributed by atoms with Gasteiger partial charge in [0, 0.05) is 55.2 Å². The van der Waals surface area contributed by atoms with Crippen LogP contribution in [0.5, 0.6) is 11.6 Å². The molecule has 0 amide bonds. The van der Waals surface area contributed by atoms with Crippen molar-refractivity contribution in [2.45, 2.75) is 55.9 Å². The number of nitrogens with one attached hydrogen (secondary N) is 1. The van der Waals surface area contributed by atoms with Crippen molar-refractivity contribution < 1.29 is 18.6 Å². The van der Waals surface area contributed by atoms with E-state index in [0.717, 1.165) is 61.4 Å². The second kappa shape index (κ2) is 9.22. The van der Waals surface area contributed by atoms with Crippen LogP contribution in [0.25, 0.3) is 31.6 Å². The fourth-order valence-corrected chi connectivity index (χ4v) is 8.47. The molecule has 4 saturated heterocycles. The molecule has 6 heterocycles. The molecule has 4 fully saturated rings. The lowest BCUT2D eigenvalue weighted by Crippen LogP contribution is -2.51. The third-order valence-corrected chi connectivity index (χ3v) is 10.3. The average Bonchev–Trinajstić information content (AvgIpc) is 3.68. The van der Waals surface area contributed by atoms with Crippen molar-refractivity contribution in [3.63, 3.8) is 0 Å². The maximum absolute atomic E-state index is 15.0. The lowest BCUT2D eigenvalue weighted by molar-refractivity contribution is 0.111. The van der Waals surface area contributed by atoms with Gasteiger partial charge in [0.15, 0.2) is 5.82 Å². The van der Waals surface area contributed by atoms with Gasteiger partial charge in [0.25, 0.3) is 0 Å². The predicted molar refractivity (Wildman–Crippen MR) is 153 cm³/mol. The van der Waals surface area contributed by atoms with E-state index < -0.39 is 6.17 Å². The quantitative estimate of drug-likeness (QED) is 0.344. The Balaban J connectivity index is 1.22. The molecule has 2 bridgehead atoms. The third kappa shape index (κ3) is 4.02. The normalized spacial score (nSPS) is 28.1. The minimum atomic E-state index is -0.812. The van der Waals surface area contributed by atoms with E-state index in [1.54, 1.807) is 24.3 Å². The van der Waals surface area contributed by atoms with Gasteiger partial charge < -0.3 is 20.1 Å². The van der Waals surface area contributed by atoms with E-state index in [2.05, 4.69) is 15.1 Å². The van der Waals surface area contributed by atoms with Crippen LogP contribution in [0.2, 0.25) is 0 Å². The first-order valence-electron chi connectivity index (χ1n) is 14.2. The number of halogens is 2. The molecule has 4 aliphatic rings. The van der Waals surface area contributed by atoms with E-state index in [4.69, 9.17) is 14.7 Å². The first-order valence-corrected chi connectivity index (χ1v) is 15.0. The second-order valence-electron chi connectivity index (χ2n) is 11.9. The standard InChI is InChI=1S/C30H31F2N5O2S/c31-18-12-30(7-2-8-37(30)13-18)16-39-25-11-24-27(28(34-25)36-14-19-5-6-20(15-36)33-19)35-29(40-24)22-10-21(38)9-17-3-1-4-23(32)26(17)22/h1,3-4,9-11,18-20,33,38H,2,5-8,12-16H2/t18?,19?,20?,30-/m0/s1. The van der Waals surface area contributed by atoms with Crippen LogP contribution in [0.4, 0.5) is 14.6 Å². The molecule has 40 heavy (non-hydrogen) atoms. The first-order chi connectivity index (χ1) is 19.4. The van der Waals surface area contributed by atoms with E-state index >= 15 is 4.39 Å². The van der Waals surface area contributed by atoms with E-state index in [9.17, 15) is 9.50 Å². The van der Waals surface area contributed by atoms with Gasteiger partial charge in [-0.25, -0.2) is 13.8 Å². The number of phenolic OH excluding ortho intramolecular Hbond substituents is 1. The highest BCUT2D eigenvalue weighted by Crippen LogP contribution is 2.43. The number of phenols is 1. The largest absolute Gasteiger partial charge is 0.508 e. The van der Waals surface area contributed by atoms with Gasteiger partial charge in [-0.3, -0.25) is 4.90 Å². The number of hydrogen-bond donors (Lipinski definition) is 2. The van der Waals surface area contributed by atoms with E-state index in [-0.39, 0.29) is 17.1 Å². The molecule has 2 aromatic heterocycles. The van der Waals surface area contributed by atoms with Crippen LogP contribution in [0.3, 0.4) is 0 Å². The summed E-state index contributed by atoms with van der Waals surface area (Å²) in [5, 5.41) is 15.8.